The summed E-state index contributed by atoms with van der Waals surface area (Å²) >= 11 is 0. The van der Waals surface area contributed by atoms with Crippen LogP contribution in [0.3, 0.4) is 0 Å². The molecule has 0 atom stereocenters. The van der Waals surface area contributed by atoms with E-state index >= 15 is 0 Å². The molecule has 0 aliphatic rings. The number of rotatable bonds is 5. The Bertz CT molecular complexity index is 4480. The van der Waals surface area contributed by atoms with E-state index in [0.717, 1.165) is 0 Å². The van der Waals surface area contributed by atoms with Crippen molar-refractivity contribution >= 4 is 71.6 Å². The van der Waals surface area contributed by atoms with Crippen molar-refractivity contribution in [1.29, 1.82) is 0 Å². The number of nitrogens with zero attached hydrogens (tertiary/aromatic N) is 2. The number of anilines is 3. The minimum absolute atomic E-state index is 0.432. The SMILES string of the molecule is [2H]c1c([2H])c([2H])c(-c2c([2H])c([2H])c(N(c3c([2H])c([2H])c4c(c3[2H])c3c([2H])c([2H])c([2H])c([2H])c3n4-c3c([2H])c([2H])c([2H])c([2H])c3[2H])c3c([2H])c([2H])c([2H])c4c3oc3c5c([2H])c([2H])c([2H])c([2H])c5c([2H])c([2H])c34)c([2H])c2[2H])c([2H])c1[2H]. The monoisotopic (exact) mass is 656 g/mol. The molecule has 0 amide bonds. The zero-order valence-electron chi connectivity index (χ0n) is 54.3. The highest BCUT2D eigenvalue weighted by atomic mass is 16.3. The molecule has 0 saturated heterocycles. The normalized spacial score (nSPS) is 20.2. The Kier molecular flexibility index (Phi) is 2.47. The summed E-state index contributed by atoms with van der Waals surface area (Å²) < 4.78 is 276. The standard InChI is InChI=1S/C46H30N2O/c1-3-12-31(13-4-1)32-22-25-35(26-23-32)47(44-21-11-19-39-40-28-24-33-14-7-8-17-37(33)45(40)49-46(39)44)36-27-29-43-41(30-36)38-18-9-10-20-42(38)48(43)34-15-5-2-6-16-34/h1-30H/i1D,2D,3D,4D,5D,6D,7D,8D,9D,10D,11D,12D,13D,14D,15D,16D,17D,18D,19D,20D,21D,22D,23D,24D,25D,26D,27D,28D,29D,30D. The number of furan rings is 1. The van der Waals surface area contributed by atoms with Crippen molar-refractivity contribution in [2.75, 3.05) is 4.90 Å². The van der Waals surface area contributed by atoms with Gasteiger partial charge in [0.1, 0.15) is 5.58 Å². The van der Waals surface area contributed by atoms with Gasteiger partial charge in [-0.05, 0) is 76.9 Å². The van der Waals surface area contributed by atoms with Gasteiger partial charge in [0.05, 0.1) is 57.8 Å². The first kappa shape index (κ1) is 11.0. The molecule has 0 fully saturated rings. The van der Waals surface area contributed by atoms with Gasteiger partial charge in [0.2, 0.25) is 0 Å². The molecule has 10 rings (SSSR count). The maximum absolute atomic E-state index is 10.1. The number of benzene rings is 8. The average molecular weight is 657 g/mol. The molecule has 230 valence electrons. The first-order chi connectivity index (χ1) is 36.8. The zero-order valence-corrected chi connectivity index (χ0v) is 24.3. The number of hydrogen-bond acceptors (Lipinski definition) is 2. The molecule has 2 aromatic heterocycles. The predicted octanol–water partition coefficient (Wildman–Crippen LogP) is 13.0. The Labute approximate surface area is 325 Å². The number of hydrogen-bond donors (Lipinski definition) is 0. The summed E-state index contributed by atoms with van der Waals surface area (Å²) in [5.74, 6) is 0. The van der Waals surface area contributed by atoms with E-state index in [1.54, 1.807) is 0 Å². The van der Waals surface area contributed by atoms with Crippen LogP contribution in [-0.2, 0) is 0 Å². The molecule has 10 aromatic rings. The third kappa shape index (κ3) is 4.37. The van der Waals surface area contributed by atoms with E-state index in [2.05, 4.69) is 0 Å². The largest absolute Gasteiger partial charge is 0.453 e. The lowest BCUT2D eigenvalue weighted by atomic mass is 10.0. The van der Waals surface area contributed by atoms with Gasteiger partial charge in [-0.1, -0.05) is 121 Å². The first-order valence-electron chi connectivity index (χ1n) is 29.2. The molecule has 3 heteroatoms. The summed E-state index contributed by atoms with van der Waals surface area (Å²) in [6.07, 6.45) is 0. The number of fused-ring (bicyclic) bond motifs is 8. The van der Waals surface area contributed by atoms with E-state index in [9.17, 15) is 16.4 Å². The van der Waals surface area contributed by atoms with Crippen molar-refractivity contribution in [3.8, 4) is 16.8 Å². The van der Waals surface area contributed by atoms with Crippen molar-refractivity contribution in [3.05, 3.63) is 181 Å². The van der Waals surface area contributed by atoms with Gasteiger partial charge in [-0.25, -0.2) is 0 Å². The topological polar surface area (TPSA) is 21.3 Å². The second-order valence-corrected chi connectivity index (χ2v) is 10.3. The van der Waals surface area contributed by atoms with Crippen LogP contribution in [0.2, 0.25) is 0 Å². The molecule has 3 nitrogen and oxygen atoms in total. The Morgan fingerprint density at radius 3 is 1.90 bits per heavy atom. The molecule has 0 aliphatic carbocycles. The van der Waals surface area contributed by atoms with E-state index in [0.29, 0.717) is 9.47 Å². The van der Waals surface area contributed by atoms with E-state index < -0.39 is 270 Å². The van der Waals surface area contributed by atoms with Crippen LogP contribution in [0.4, 0.5) is 17.1 Å². The Hall–Kier alpha value is -6.58. The Balaban J connectivity index is 1.50. The minimum Gasteiger partial charge on any atom is -0.453 e. The molecule has 49 heavy (non-hydrogen) atoms. The smallest absolute Gasteiger partial charge is 0.159 e. The zero-order chi connectivity index (χ0) is 58.4. The van der Waals surface area contributed by atoms with E-state index in [1.165, 1.54) is 0 Å². The molecule has 0 aliphatic heterocycles. The number of aromatic nitrogens is 1. The highest BCUT2D eigenvalue weighted by molar-refractivity contribution is 6.18. The van der Waals surface area contributed by atoms with Gasteiger partial charge in [-0.2, -0.15) is 0 Å². The predicted molar refractivity (Wildman–Crippen MR) is 206 cm³/mol. The molecule has 0 N–H and O–H groups in total. The summed E-state index contributed by atoms with van der Waals surface area (Å²) in [5.41, 5.74) is -8.77. The highest BCUT2D eigenvalue weighted by Gasteiger charge is 2.22. The molecular formula is C46H30N2O. The maximum atomic E-state index is 10.1. The minimum atomic E-state index is -1.25. The lowest BCUT2D eigenvalue weighted by Gasteiger charge is -2.26. The van der Waals surface area contributed by atoms with Crippen molar-refractivity contribution in [2.24, 2.45) is 0 Å². The van der Waals surface area contributed by atoms with Crippen molar-refractivity contribution < 1.29 is 45.5 Å². The van der Waals surface area contributed by atoms with Crippen LogP contribution in [0.25, 0.3) is 71.3 Å². The van der Waals surface area contributed by atoms with Crippen LogP contribution in [0.15, 0.2) is 186 Å². The summed E-state index contributed by atoms with van der Waals surface area (Å²) in [5, 5.41) is -3.78. The highest BCUT2D eigenvalue weighted by Crippen LogP contribution is 2.45. The maximum Gasteiger partial charge on any atom is 0.159 e. The molecule has 8 aromatic carbocycles. The second kappa shape index (κ2) is 11.0. The van der Waals surface area contributed by atoms with Crippen LogP contribution in [-0.4, -0.2) is 4.57 Å². The lowest BCUT2D eigenvalue weighted by molar-refractivity contribution is 0.673. The third-order valence-corrected chi connectivity index (χ3v) is 7.61. The van der Waals surface area contributed by atoms with Gasteiger partial charge >= 0.3 is 0 Å². The molecule has 2 heterocycles. The summed E-state index contributed by atoms with van der Waals surface area (Å²) in [6, 6.07) is -29.9. The van der Waals surface area contributed by atoms with E-state index in [1.807, 2.05) is 0 Å². The van der Waals surface area contributed by atoms with Gasteiger partial charge in [-0.15, -0.1) is 0 Å². The molecule has 0 saturated carbocycles. The third-order valence-electron chi connectivity index (χ3n) is 7.61. The number of para-hydroxylation sites is 3. The Morgan fingerprint density at radius 1 is 0.429 bits per heavy atom. The van der Waals surface area contributed by atoms with Gasteiger partial charge in [0.25, 0.3) is 0 Å². The summed E-state index contributed by atoms with van der Waals surface area (Å²) in [7, 11) is 0. The molecule has 0 unspecified atom stereocenters. The first-order valence-corrected chi connectivity index (χ1v) is 14.2. The van der Waals surface area contributed by atoms with E-state index in [4.69, 9.17) is 29.1 Å². The molecular weight excluding hydrogens is 597 g/mol. The van der Waals surface area contributed by atoms with Gasteiger partial charge in [-0.3, -0.25) is 0 Å². The van der Waals surface area contributed by atoms with Crippen LogP contribution in [0.5, 0.6) is 0 Å². The van der Waals surface area contributed by atoms with Crippen molar-refractivity contribution in [2.45, 2.75) is 0 Å². The van der Waals surface area contributed by atoms with Crippen molar-refractivity contribution in [3.63, 3.8) is 0 Å². The quantitative estimate of drug-likeness (QED) is 0.184. The fraction of sp³-hybridized carbons (Fsp3) is 0. The van der Waals surface area contributed by atoms with Crippen LogP contribution < -0.4 is 4.90 Å². The second-order valence-electron chi connectivity index (χ2n) is 10.3. The lowest BCUT2D eigenvalue weighted by Crippen LogP contribution is -2.10. The van der Waals surface area contributed by atoms with Crippen LogP contribution in [0.1, 0.15) is 41.1 Å². The molecule has 0 radical (unpaired) electrons. The van der Waals surface area contributed by atoms with Gasteiger partial charge in [0.15, 0.2) is 5.58 Å². The fourth-order valence-electron chi connectivity index (χ4n) is 5.53. The average Bonchev–Trinajstić information content (AvgIpc) is 4.18. The van der Waals surface area contributed by atoms with Crippen molar-refractivity contribution in [1.82, 2.24) is 4.57 Å². The fourth-order valence-corrected chi connectivity index (χ4v) is 5.53. The summed E-state index contributed by atoms with van der Waals surface area (Å²) in [6.45, 7) is 0. The van der Waals surface area contributed by atoms with E-state index in [-0.39, 0.29) is 0 Å². The van der Waals surface area contributed by atoms with Gasteiger partial charge in [0, 0.05) is 44.0 Å². The van der Waals surface area contributed by atoms with Crippen LogP contribution in [0, 0.1) is 0 Å². The Morgan fingerprint density at radius 2 is 1.06 bits per heavy atom. The summed E-state index contributed by atoms with van der Waals surface area (Å²) in [4.78, 5) is 0.432. The molecule has 0 bridgehead atoms. The van der Waals surface area contributed by atoms with Crippen LogP contribution >= 0.6 is 0 Å². The molecule has 0 spiro atoms. The van der Waals surface area contributed by atoms with Gasteiger partial charge < -0.3 is 13.9 Å².